The fourth-order valence-corrected chi connectivity index (χ4v) is 0.691. The third kappa shape index (κ3) is 9.60. The minimum absolute atomic E-state index is 0. The average Bonchev–Trinajstić information content (AvgIpc) is 2.03. The van der Waals surface area contributed by atoms with Crippen LogP contribution in [0.25, 0.3) is 0 Å². The molecule has 0 aromatic carbocycles. The third-order valence-electron chi connectivity index (χ3n) is 1.38. The Balaban J connectivity index is 0. The van der Waals surface area contributed by atoms with Crippen LogP contribution in [0.5, 0.6) is 0 Å². The molecule has 0 fully saturated rings. The summed E-state index contributed by atoms with van der Waals surface area (Å²) in [5.74, 6) is -0.105. The number of nitrogens with two attached hydrogens (primary N) is 1. The first-order valence-corrected chi connectivity index (χ1v) is 4.29. The van der Waals surface area contributed by atoms with Gasteiger partial charge in [0.15, 0.2) is 0 Å². The van der Waals surface area contributed by atoms with E-state index in [0.29, 0.717) is 13.2 Å². The van der Waals surface area contributed by atoms with Gasteiger partial charge in [-0.3, -0.25) is 4.79 Å². The Morgan fingerprint density at radius 1 is 1.62 bits per heavy atom. The molecule has 1 unspecified atom stereocenters. The van der Waals surface area contributed by atoms with E-state index in [-0.39, 0.29) is 18.3 Å². The fourth-order valence-electron chi connectivity index (χ4n) is 0.691. The molecule has 0 rings (SSSR count). The summed E-state index contributed by atoms with van der Waals surface area (Å²) in [5, 5.41) is 2.70. The molecule has 0 saturated carbocycles. The van der Waals surface area contributed by atoms with E-state index in [1.54, 1.807) is 6.92 Å². The van der Waals surface area contributed by atoms with Crippen LogP contribution in [-0.4, -0.2) is 31.7 Å². The van der Waals surface area contributed by atoms with Crippen LogP contribution in [-0.2, 0) is 9.53 Å². The number of hydrogen-bond donors (Lipinski definition) is 2. The molecule has 0 bridgehead atoms. The molecule has 4 nitrogen and oxygen atoms in total. The number of carbonyl (C=O) groups excluding carboxylic acids is 1. The molecule has 0 aromatic rings. The van der Waals surface area contributed by atoms with Crippen molar-refractivity contribution in [3.8, 4) is 0 Å². The fraction of sp³-hybridized carbons (Fsp3) is 0.875. The van der Waals surface area contributed by atoms with Crippen LogP contribution >= 0.6 is 12.4 Å². The van der Waals surface area contributed by atoms with Gasteiger partial charge in [0.05, 0.1) is 6.04 Å². The number of carbonyl (C=O) groups is 1. The summed E-state index contributed by atoms with van der Waals surface area (Å²) in [6.45, 7) is 5.66. The highest BCUT2D eigenvalue weighted by Crippen LogP contribution is 1.81. The Morgan fingerprint density at radius 3 is 2.69 bits per heavy atom. The number of nitrogens with one attached hydrogen (secondary N) is 1. The largest absolute Gasteiger partial charge is 0.382 e. The van der Waals surface area contributed by atoms with Crippen LogP contribution in [0.4, 0.5) is 0 Å². The number of amides is 1. The molecule has 1 atom stereocenters. The smallest absolute Gasteiger partial charge is 0.236 e. The van der Waals surface area contributed by atoms with Crippen molar-refractivity contribution in [1.82, 2.24) is 5.32 Å². The van der Waals surface area contributed by atoms with Crippen molar-refractivity contribution < 1.29 is 9.53 Å². The number of halogens is 1. The van der Waals surface area contributed by atoms with Gasteiger partial charge in [-0.25, -0.2) is 0 Å². The molecule has 0 aromatic heterocycles. The van der Waals surface area contributed by atoms with Crippen molar-refractivity contribution in [3.05, 3.63) is 0 Å². The monoisotopic (exact) mass is 210 g/mol. The second-order valence-corrected chi connectivity index (χ2v) is 2.63. The second kappa shape index (κ2) is 9.77. The Kier molecular flexibility index (Phi) is 11.4. The van der Waals surface area contributed by atoms with Crippen LogP contribution in [0.1, 0.15) is 20.3 Å². The Labute approximate surface area is 85.6 Å². The lowest BCUT2D eigenvalue weighted by Crippen LogP contribution is -2.38. The van der Waals surface area contributed by atoms with Gasteiger partial charge in [0.1, 0.15) is 0 Å². The molecule has 0 heterocycles. The van der Waals surface area contributed by atoms with E-state index < -0.39 is 6.04 Å². The first kappa shape index (κ1) is 15.2. The van der Waals surface area contributed by atoms with Crippen molar-refractivity contribution in [3.63, 3.8) is 0 Å². The number of rotatable bonds is 6. The molecule has 0 radical (unpaired) electrons. The summed E-state index contributed by atoms with van der Waals surface area (Å²) in [6.07, 6.45) is 0.840. The lowest BCUT2D eigenvalue weighted by atomic mass is 10.3. The SMILES string of the molecule is CCOCCCNC(=O)C(C)N.Cl. The maximum atomic E-state index is 10.9. The van der Waals surface area contributed by atoms with E-state index in [1.165, 1.54) is 0 Å². The highest BCUT2D eigenvalue weighted by molar-refractivity contribution is 5.85. The van der Waals surface area contributed by atoms with E-state index in [0.717, 1.165) is 13.0 Å². The standard InChI is InChI=1S/C8H18N2O2.ClH/c1-3-12-6-4-5-10-8(11)7(2)9;/h7H,3-6,9H2,1-2H3,(H,10,11);1H. The molecule has 1 amide bonds. The molecule has 0 saturated heterocycles. The van der Waals surface area contributed by atoms with E-state index in [4.69, 9.17) is 10.5 Å². The Hall–Kier alpha value is -0.320. The van der Waals surface area contributed by atoms with Gasteiger partial charge in [-0.1, -0.05) is 0 Å². The molecule has 0 aliphatic heterocycles. The summed E-state index contributed by atoms with van der Waals surface area (Å²) >= 11 is 0. The van der Waals surface area contributed by atoms with Crippen LogP contribution in [0, 0.1) is 0 Å². The van der Waals surface area contributed by atoms with Crippen LogP contribution in [0.3, 0.4) is 0 Å². The number of ether oxygens (including phenoxy) is 1. The van der Waals surface area contributed by atoms with E-state index in [2.05, 4.69) is 5.32 Å². The van der Waals surface area contributed by atoms with Crippen molar-refractivity contribution in [2.24, 2.45) is 5.73 Å². The van der Waals surface area contributed by atoms with E-state index in [9.17, 15) is 4.79 Å². The lowest BCUT2D eigenvalue weighted by Gasteiger charge is -2.06. The molecule has 13 heavy (non-hydrogen) atoms. The van der Waals surface area contributed by atoms with Crippen molar-refractivity contribution >= 4 is 18.3 Å². The summed E-state index contributed by atoms with van der Waals surface area (Å²) < 4.78 is 5.09. The first-order chi connectivity index (χ1) is 5.68. The zero-order valence-corrected chi connectivity index (χ0v) is 9.02. The van der Waals surface area contributed by atoms with Crippen molar-refractivity contribution in [2.75, 3.05) is 19.8 Å². The summed E-state index contributed by atoms with van der Waals surface area (Å²) in [7, 11) is 0. The molecule has 0 aliphatic carbocycles. The van der Waals surface area contributed by atoms with Gasteiger partial charge in [-0.05, 0) is 20.3 Å². The maximum absolute atomic E-state index is 10.9. The van der Waals surface area contributed by atoms with Gasteiger partial charge < -0.3 is 15.8 Å². The zero-order chi connectivity index (χ0) is 9.40. The Bertz CT molecular complexity index is 131. The highest BCUT2D eigenvalue weighted by Gasteiger charge is 2.04. The summed E-state index contributed by atoms with van der Waals surface area (Å²) in [5.41, 5.74) is 5.33. The first-order valence-electron chi connectivity index (χ1n) is 4.29. The summed E-state index contributed by atoms with van der Waals surface area (Å²) in [4.78, 5) is 10.9. The van der Waals surface area contributed by atoms with E-state index in [1.807, 2.05) is 6.92 Å². The van der Waals surface area contributed by atoms with Gasteiger partial charge in [0, 0.05) is 19.8 Å². The molecule has 5 heteroatoms. The third-order valence-corrected chi connectivity index (χ3v) is 1.38. The molecular weight excluding hydrogens is 192 g/mol. The van der Waals surface area contributed by atoms with Gasteiger partial charge >= 0.3 is 0 Å². The minimum atomic E-state index is -0.419. The quantitative estimate of drug-likeness (QED) is 0.620. The topological polar surface area (TPSA) is 64.3 Å². The van der Waals surface area contributed by atoms with E-state index >= 15 is 0 Å². The van der Waals surface area contributed by atoms with Crippen molar-refractivity contribution in [1.29, 1.82) is 0 Å². The van der Waals surface area contributed by atoms with Crippen LogP contribution < -0.4 is 11.1 Å². The minimum Gasteiger partial charge on any atom is -0.382 e. The average molecular weight is 211 g/mol. The van der Waals surface area contributed by atoms with Gasteiger partial charge in [0.2, 0.25) is 5.91 Å². The predicted molar refractivity (Wildman–Crippen MR) is 55.0 cm³/mol. The zero-order valence-electron chi connectivity index (χ0n) is 8.21. The highest BCUT2D eigenvalue weighted by atomic mass is 35.5. The van der Waals surface area contributed by atoms with Crippen LogP contribution in [0.15, 0.2) is 0 Å². The summed E-state index contributed by atoms with van der Waals surface area (Å²) in [6, 6.07) is -0.419. The number of hydrogen-bond acceptors (Lipinski definition) is 3. The molecule has 0 spiro atoms. The van der Waals surface area contributed by atoms with Gasteiger partial charge in [-0.15, -0.1) is 12.4 Å². The molecule has 0 aliphatic rings. The molecule has 3 N–H and O–H groups in total. The van der Waals surface area contributed by atoms with Crippen molar-refractivity contribution in [2.45, 2.75) is 26.3 Å². The second-order valence-electron chi connectivity index (χ2n) is 2.63. The normalized spacial score (nSPS) is 11.6. The van der Waals surface area contributed by atoms with Gasteiger partial charge in [-0.2, -0.15) is 0 Å². The molecular formula is C8H19ClN2O2. The Morgan fingerprint density at radius 2 is 2.23 bits per heavy atom. The predicted octanol–water partition coefficient (Wildman–Crippen LogP) is 0.298. The lowest BCUT2D eigenvalue weighted by molar-refractivity contribution is -0.122. The maximum Gasteiger partial charge on any atom is 0.236 e. The molecule has 80 valence electrons. The van der Waals surface area contributed by atoms with Crippen LogP contribution in [0.2, 0.25) is 0 Å². The van der Waals surface area contributed by atoms with Gasteiger partial charge in [0.25, 0.3) is 0 Å².